The number of hydrogen-bond donors (Lipinski definition) is 1. The van der Waals surface area contributed by atoms with Crippen molar-refractivity contribution in [3.63, 3.8) is 0 Å². The monoisotopic (exact) mass is 322 g/mol. The Morgan fingerprint density at radius 1 is 1.32 bits per heavy atom. The number of thiazole rings is 1. The summed E-state index contributed by atoms with van der Waals surface area (Å²) in [6.45, 7) is 4.21. The SMILES string of the molecule is COC(=O)Nc1ccc(OCc2nc(OC)c(C)s2)cc1C. The average Bonchev–Trinajstić information content (AvgIpc) is 2.87. The molecule has 1 aromatic carbocycles. The minimum atomic E-state index is -0.498. The van der Waals surface area contributed by atoms with E-state index >= 15 is 0 Å². The van der Waals surface area contributed by atoms with Gasteiger partial charge in [0.1, 0.15) is 17.4 Å². The first-order valence-corrected chi connectivity index (χ1v) is 7.44. The Morgan fingerprint density at radius 3 is 2.68 bits per heavy atom. The van der Waals surface area contributed by atoms with Crippen molar-refractivity contribution in [3.05, 3.63) is 33.6 Å². The van der Waals surface area contributed by atoms with Crippen LogP contribution in [0.25, 0.3) is 0 Å². The fourth-order valence-corrected chi connectivity index (χ4v) is 2.67. The number of aromatic nitrogens is 1. The lowest BCUT2D eigenvalue weighted by Gasteiger charge is -2.10. The molecule has 7 heteroatoms. The summed E-state index contributed by atoms with van der Waals surface area (Å²) in [7, 11) is 2.93. The summed E-state index contributed by atoms with van der Waals surface area (Å²) < 4.78 is 15.4. The molecule has 0 unspecified atom stereocenters. The Morgan fingerprint density at radius 2 is 2.09 bits per heavy atom. The first-order chi connectivity index (χ1) is 10.5. The van der Waals surface area contributed by atoms with E-state index in [4.69, 9.17) is 9.47 Å². The lowest BCUT2D eigenvalue weighted by atomic mass is 10.2. The van der Waals surface area contributed by atoms with Gasteiger partial charge in [-0.2, -0.15) is 0 Å². The normalized spacial score (nSPS) is 10.2. The third kappa shape index (κ3) is 3.88. The number of nitrogens with zero attached hydrogens (tertiary/aromatic N) is 1. The third-order valence-electron chi connectivity index (χ3n) is 2.97. The summed E-state index contributed by atoms with van der Waals surface area (Å²) >= 11 is 1.54. The van der Waals surface area contributed by atoms with Crippen molar-refractivity contribution in [2.24, 2.45) is 0 Å². The zero-order chi connectivity index (χ0) is 16.1. The molecule has 0 fully saturated rings. The summed E-state index contributed by atoms with van der Waals surface area (Å²) in [5, 5.41) is 3.49. The highest BCUT2D eigenvalue weighted by Crippen LogP contribution is 2.26. The van der Waals surface area contributed by atoms with E-state index in [-0.39, 0.29) is 0 Å². The Hall–Kier alpha value is -2.28. The van der Waals surface area contributed by atoms with E-state index < -0.39 is 6.09 Å². The number of nitrogens with one attached hydrogen (secondary N) is 1. The number of methoxy groups -OCH3 is 2. The summed E-state index contributed by atoms with van der Waals surface area (Å²) in [6.07, 6.45) is -0.498. The number of hydrogen-bond acceptors (Lipinski definition) is 6. The molecule has 2 rings (SSSR count). The molecule has 1 aromatic heterocycles. The number of ether oxygens (including phenoxy) is 3. The van der Waals surface area contributed by atoms with Crippen LogP contribution in [0.5, 0.6) is 11.6 Å². The van der Waals surface area contributed by atoms with Crippen LogP contribution in [0.3, 0.4) is 0 Å². The highest BCUT2D eigenvalue weighted by atomic mass is 32.1. The Kier molecular flexibility index (Phi) is 5.21. The van der Waals surface area contributed by atoms with Crippen LogP contribution >= 0.6 is 11.3 Å². The van der Waals surface area contributed by atoms with Crippen molar-refractivity contribution in [2.75, 3.05) is 19.5 Å². The largest absolute Gasteiger partial charge is 0.486 e. The number of carbonyl (C=O) groups excluding carboxylic acids is 1. The highest BCUT2D eigenvalue weighted by Gasteiger charge is 2.09. The lowest BCUT2D eigenvalue weighted by molar-refractivity contribution is 0.187. The lowest BCUT2D eigenvalue weighted by Crippen LogP contribution is -2.11. The molecule has 6 nitrogen and oxygen atoms in total. The first-order valence-electron chi connectivity index (χ1n) is 6.62. The van der Waals surface area contributed by atoms with Crippen molar-refractivity contribution in [3.8, 4) is 11.6 Å². The van der Waals surface area contributed by atoms with E-state index in [1.54, 1.807) is 30.6 Å². The summed E-state index contributed by atoms with van der Waals surface area (Å²) in [6, 6.07) is 5.41. The molecule has 118 valence electrons. The van der Waals surface area contributed by atoms with Gasteiger partial charge in [0.15, 0.2) is 0 Å². The average molecular weight is 322 g/mol. The Balaban J connectivity index is 2.01. The second-order valence-corrected chi connectivity index (χ2v) is 5.84. The van der Waals surface area contributed by atoms with Crippen LogP contribution in [-0.2, 0) is 11.3 Å². The van der Waals surface area contributed by atoms with Gasteiger partial charge in [0.2, 0.25) is 5.88 Å². The molecule has 22 heavy (non-hydrogen) atoms. The fourth-order valence-electron chi connectivity index (χ4n) is 1.86. The maximum Gasteiger partial charge on any atom is 0.411 e. The molecule has 2 aromatic rings. The molecule has 0 saturated heterocycles. The molecule has 0 aliphatic carbocycles. The first kappa shape index (κ1) is 16.1. The number of amides is 1. The van der Waals surface area contributed by atoms with Gasteiger partial charge in [0.25, 0.3) is 0 Å². The van der Waals surface area contributed by atoms with E-state index in [1.165, 1.54) is 7.11 Å². The number of rotatable bonds is 5. The summed E-state index contributed by atoms with van der Waals surface area (Å²) in [4.78, 5) is 16.6. The van der Waals surface area contributed by atoms with E-state index in [0.29, 0.717) is 23.9 Å². The van der Waals surface area contributed by atoms with Gasteiger partial charge in [0.05, 0.1) is 19.1 Å². The second-order valence-electron chi connectivity index (χ2n) is 4.56. The van der Waals surface area contributed by atoms with Crippen LogP contribution < -0.4 is 14.8 Å². The van der Waals surface area contributed by atoms with Crippen LogP contribution in [-0.4, -0.2) is 25.3 Å². The quantitative estimate of drug-likeness (QED) is 0.912. The van der Waals surface area contributed by atoms with Gasteiger partial charge in [-0.15, -0.1) is 11.3 Å². The predicted molar refractivity (Wildman–Crippen MR) is 84.9 cm³/mol. The minimum Gasteiger partial charge on any atom is -0.486 e. The minimum absolute atomic E-state index is 0.373. The van der Waals surface area contributed by atoms with Gasteiger partial charge in [-0.1, -0.05) is 0 Å². The Bertz CT molecular complexity index is 670. The summed E-state index contributed by atoms with van der Waals surface area (Å²) in [5.74, 6) is 1.34. The predicted octanol–water partition coefficient (Wildman–Crippen LogP) is 3.53. The summed E-state index contributed by atoms with van der Waals surface area (Å²) in [5.41, 5.74) is 1.57. The standard InChI is InChI=1S/C15H18N2O4S/c1-9-7-11(5-6-12(9)16-15(18)20-4)21-8-13-17-14(19-3)10(2)22-13/h5-7H,8H2,1-4H3,(H,16,18). The van der Waals surface area contributed by atoms with Crippen LogP contribution in [0.15, 0.2) is 18.2 Å². The van der Waals surface area contributed by atoms with Crippen LogP contribution in [0.4, 0.5) is 10.5 Å². The molecule has 0 aliphatic rings. The third-order valence-corrected chi connectivity index (χ3v) is 3.90. The molecular weight excluding hydrogens is 304 g/mol. The van der Waals surface area contributed by atoms with Crippen molar-refractivity contribution >= 4 is 23.1 Å². The molecule has 0 bridgehead atoms. The molecule has 0 aliphatic heterocycles. The molecule has 1 amide bonds. The van der Waals surface area contributed by atoms with E-state index in [9.17, 15) is 4.79 Å². The molecule has 0 radical (unpaired) electrons. The van der Waals surface area contributed by atoms with Gasteiger partial charge >= 0.3 is 6.09 Å². The smallest absolute Gasteiger partial charge is 0.411 e. The molecule has 1 N–H and O–H groups in total. The molecule has 0 atom stereocenters. The number of carbonyl (C=O) groups is 1. The van der Waals surface area contributed by atoms with Crippen LogP contribution in [0.2, 0.25) is 0 Å². The van der Waals surface area contributed by atoms with Gasteiger partial charge in [0, 0.05) is 5.69 Å². The van der Waals surface area contributed by atoms with E-state index in [2.05, 4.69) is 15.0 Å². The van der Waals surface area contributed by atoms with Gasteiger partial charge < -0.3 is 14.2 Å². The van der Waals surface area contributed by atoms with Crippen LogP contribution in [0, 0.1) is 13.8 Å². The van der Waals surface area contributed by atoms with Crippen molar-refractivity contribution in [1.29, 1.82) is 0 Å². The van der Waals surface area contributed by atoms with Gasteiger partial charge in [-0.25, -0.2) is 9.78 Å². The van der Waals surface area contributed by atoms with Crippen molar-refractivity contribution in [1.82, 2.24) is 4.98 Å². The Labute approximate surface area is 133 Å². The number of anilines is 1. The van der Waals surface area contributed by atoms with E-state index in [1.807, 2.05) is 19.9 Å². The van der Waals surface area contributed by atoms with Crippen LogP contribution in [0.1, 0.15) is 15.4 Å². The van der Waals surface area contributed by atoms with Gasteiger partial charge in [-0.05, 0) is 37.6 Å². The van der Waals surface area contributed by atoms with Crippen molar-refractivity contribution < 1.29 is 19.0 Å². The number of aryl methyl sites for hydroxylation is 2. The van der Waals surface area contributed by atoms with E-state index in [0.717, 1.165) is 15.4 Å². The fraction of sp³-hybridized carbons (Fsp3) is 0.333. The van der Waals surface area contributed by atoms with Crippen molar-refractivity contribution in [2.45, 2.75) is 20.5 Å². The maximum atomic E-state index is 11.2. The molecule has 0 saturated carbocycles. The second kappa shape index (κ2) is 7.13. The molecular formula is C15H18N2O4S. The number of benzene rings is 1. The van der Waals surface area contributed by atoms with Gasteiger partial charge in [-0.3, -0.25) is 5.32 Å². The zero-order valence-corrected chi connectivity index (χ0v) is 13.7. The maximum absolute atomic E-state index is 11.2. The molecule has 0 spiro atoms. The molecule has 1 heterocycles. The highest BCUT2D eigenvalue weighted by molar-refractivity contribution is 7.11. The topological polar surface area (TPSA) is 69.7 Å². The zero-order valence-electron chi connectivity index (χ0n) is 12.9.